The number of anilines is 3. The number of pyridine rings is 1. The summed E-state index contributed by atoms with van der Waals surface area (Å²) in [6.45, 7) is 0.411. The van der Waals surface area contributed by atoms with Crippen molar-refractivity contribution in [2.45, 2.75) is 0 Å². The number of hydrogen-bond donors (Lipinski definition) is 4. The SMILES string of the molecule is Nc1nc(NC(=O)O)cc2c1N=C(c1ccc(F)cc1)CN2. The van der Waals surface area contributed by atoms with Gasteiger partial charge in [-0.3, -0.25) is 5.32 Å². The molecule has 0 unspecified atom stereocenters. The maximum Gasteiger partial charge on any atom is 0.410 e. The topological polar surface area (TPSA) is 113 Å². The average Bonchev–Trinajstić information content (AvgIpc) is 2.47. The fraction of sp³-hybridized carbons (Fsp3) is 0.0714. The Hall–Kier alpha value is -3.16. The Morgan fingerprint density at radius 3 is 2.77 bits per heavy atom. The van der Waals surface area contributed by atoms with Crippen molar-refractivity contribution in [3.63, 3.8) is 0 Å². The van der Waals surface area contributed by atoms with Gasteiger partial charge < -0.3 is 16.2 Å². The number of hydrogen-bond acceptors (Lipinski definition) is 5. The molecule has 0 aliphatic carbocycles. The van der Waals surface area contributed by atoms with Crippen LogP contribution in [0, 0.1) is 5.82 Å². The molecule has 1 aliphatic heterocycles. The third-order valence-electron chi connectivity index (χ3n) is 3.13. The van der Waals surface area contributed by atoms with Crippen molar-refractivity contribution in [3.8, 4) is 0 Å². The lowest BCUT2D eigenvalue weighted by molar-refractivity contribution is 0.209. The molecule has 2 heterocycles. The van der Waals surface area contributed by atoms with Crippen molar-refractivity contribution >= 4 is 34.8 Å². The normalized spacial score (nSPS) is 12.9. The number of aliphatic imine (C=N–C) groups is 1. The van der Waals surface area contributed by atoms with Crippen molar-refractivity contribution in [2.75, 3.05) is 22.9 Å². The lowest BCUT2D eigenvalue weighted by Crippen LogP contribution is -2.20. The molecule has 0 bridgehead atoms. The molecule has 1 aliphatic rings. The van der Waals surface area contributed by atoms with Crippen LogP contribution in [0.1, 0.15) is 5.56 Å². The molecule has 1 aromatic carbocycles. The highest BCUT2D eigenvalue weighted by atomic mass is 19.1. The van der Waals surface area contributed by atoms with Crippen LogP contribution in [-0.4, -0.2) is 28.4 Å². The highest BCUT2D eigenvalue weighted by molar-refractivity contribution is 6.08. The number of benzene rings is 1. The summed E-state index contributed by atoms with van der Waals surface area (Å²) in [6.07, 6.45) is -1.22. The average molecular weight is 301 g/mol. The second kappa shape index (κ2) is 5.32. The van der Waals surface area contributed by atoms with Crippen LogP contribution in [-0.2, 0) is 0 Å². The van der Waals surface area contributed by atoms with E-state index in [0.29, 0.717) is 23.6 Å². The first-order chi connectivity index (χ1) is 10.5. The van der Waals surface area contributed by atoms with E-state index in [1.54, 1.807) is 12.1 Å². The van der Waals surface area contributed by atoms with Crippen LogP contribution in [0.25, 0.3) is 0 Å². The van der Waals surface area contributed by atoms with E-state index in [4.69, 9.17) is 10.8 Å². The van der Waals surface area contributed by atoms with E-state index in [0.717, 1.165) is 5.56 Å². The van der Waals surface area contributed by atoms with E-state index in [1.165, 1.54) is 18.2 Å². The number of nitrogens with two attached hydrogens (primary N) is 1. The van der Waals surface area contributed by atoms with Crippen molar-refractivity contribution in [3.05, 3.63) is 41.7 Å². The highest BCUT2D eigenvalue weighted by Crippen LogP contribution is 2.35. The Kier molecular flexibility index (Phi) is 3.34. The van der Waals surface area contributed by atoms with E-state index >= 15 is 0 Å². The van der Waals surface area contributed by atoms with Crippen LogP contribution in [0.2, 0.25) is 0 Å². The fourth-order valence-corrected chi connectivity index (χ4v) is 2.15. The van der Waals surface area contributed by atoms with Gasteiger partial charge in [-0.1, -0.05) is 12.1 Å². The first kappa shape index (κ1) is 13.8. The molecule has 7 nitrogen and oxygen atoms in total. The smallest absolute Gasteiger partial charge is 0.410 e. The van der Waals surface area contributed by atoms with Crippen LogP contribution in [0.5, 0.6) is 0 Å². The summed E-state index contributed by atoms with van der Waals surface area (Å²) >= 11 is 0. The lowest BCUT2D eigenvalue weighted by atomic mass is 10.1. The molecule has 2 aromatic rings. The number of halogens is 1. The number of fused-ring (bicyclic) bond motifs is 1. The third-order valence-corrected chi connectivity index (χ3v) is 3.13. The van der Waals surface area contributed by atoms with Gasteiger partial charge >= 0.3 is 6.09 Å². The van der Waals surface area contributed by atoms with Crippen LogP contribution in [0.15, 0.2) is 35.3 Å². The van der Waals surface area contributed by atoms with Crippen molar-refractivity contribution in [1.29, 1.82) is 0 Å². The van der Waals surface area contributed by atoms with Crippen LogP contribution >= 0.6 is 0 Å². The maximum absolute atomic E-state index is 13.0. The van der Waals surface area contributed by atoms with Gasteiger partial charge in [0.1, 0.15) is 17.3 Å². The van der Waals surface area contributed by atoms with Crippen LogP contribution in [0.3, 0.4) is 0 Å². The molecule has 0 saturated carbocycles. The first-order valence-corrected chi connectivity index (χ1v) is 6.41. The summed E-state index contributed by atoms with van der Waals surface area (Å²) in [5.74, 6) is -0.0937. The summed E-state index contributed by atoms with van der Waals surface area (Å²) in [4.78, 5) is 19.0. The molecule has 22 heavy (non-hydrogen) atoms. The second-order valence-corrected chi connectivity index (χ2v) is 4.64. The number of rotatable bonds is 2. The molecule has 0 atom stereocenters. The van der Waals surface area contributed by atoms with E-state index in [1.807, 2.05) is 0 Å². The third kappa shape index (κ3) is 2.66. The molecule has 0 fully saturated rings. The summed E-state index contributed by atoms with van der Waals surface area (Å²) < 4.78 is 13.0. The number of nitrogen functional groups attached to an aromatic ring is 1. The maximum atomic E-state index is 13.0. The molecule has 1 aromatic heterocycles. The number of nitrogens with one attached hydrogen (secondary N) is 2. The zero-order valence-corrected chi connectivity index (χ0v) is 11.3. The van der Waals surface area contributed by atoms with E-state index < -0.39 is 6.09 Å². The largest absolute Gasteiger partial charge is 0.465 e. The Bertz CT molecular complexity index is 774. The van der Waals surface area contributed by atoms with Crippen LogP contribution in [0.4, 0.5) is 32.2 Å². The van der Waals surface area contributed by atoms with Gasteiger partial charge in [0, 0.05) is 6.07 Å². The summed E-state index contributed by atoms with van der Waals surface area (Å²) in [5.41, 5.74) is 8.31. The molecule has 5 N–H and O–H groups in total. The fourth-order valence-electron chi connectivity index (χ4n) is 2.15. The van der Waals surface area contributed by atoms with Gasteiger partial charge in [0.05, 0.1) is 17.9 Å². The number of aromatic nitrogens is 1. The Labute approximate surface area is 124 Å². The van der Waals surface area contributed by atoms with E-state index in [-0.39, 0.29) is 17.5 Å². The van der Waals surface area contributed by atoms with Crippen molar-refractivity contribution in [2.24, 2.45) is 4.99 Å². The molecule has 8 heteroatoms. The zero-order valence-electron chi connectivity index (χ0n) is 11.3. The summed E-state index contributed by atoms with van der Waals surface area (Å²) in [5, 5.41) is 13.9. The van der Waals surface area contributed by atoms with Crippen LogP contribution < -0.4 is 16.4 Å². The molecular weight excluding hydrogens is 289 g/mol. The lowest BCUT2D eigenvalue weighted by Gasteiger charge is -2.19. The minimum Gasteiger partial charge on any atom is -0.465 e. The van der Waals surface area contributed by atoms with E-state index in [9.17, 15) is 9.18 Å². The molecule has 112 valence electrons. The minimum absolute atomic E-state index is 0.105. The molecule has 0 spiro atoms. The Morgan fingerprint density at radius 2 is 2.09 bits per heavy atom. The van der Waals surface area contributed by atoms with Gasteiger partial charge in [0.2, 0.25) is 0 Å². The minimum atomic E-state index is -1.22. The molecule has 3 rings (SSSR count). The monoisotopic (exact) mass is 301 g/mol. The van der Waals surface area contributed by atoms with Crippen molar-refractivity contribution in [1.82, 2.24) is 4.98 Å². The quantitative estimate of drug-likeness (QED) is 0.680. The molecule has 0 saturated heterocycles. The van der Waals surface area contributed by atoms with Crippen molar-refractivity contribution < 1.29 is 14.3 Å². The van der Waals surface area contributed by atoms with Gasteiger partial charge in [-0.2, -0.15) is 0 Å². The Balaban J connectivity index is 1.98. The predicted octanol–water partition coefficient (Wildman–Crippen LogP) is 2.44. The standard InChI is InChI=1S/C14H12FN5O2/c15-8-3-1-7(2-4-8)10-6-17-9-5-11(20-14(21)22)19-13(16)12(9)18-10/h1-5,17H,6H2,(H,21,22)(H3,16,19,20). The van der Waals surface area contributed by atoms with Gasteiger partial charge in [0.25, 0.3) is 0 Å². The molecular formula is C14H12FN5O2. The van der Waals surface area contributed by atoms with Gasteiger partial charge in [0.15, 0.2) is 5.82 Å². The number of amides is 1. The highest BCUT2D eigenvalue weighted by Gasteiger charge is 2.18. The number of nitrogens with zero attached hydrogens (tertiary/aromatic N) is 2. The molecule has 1 amide bonds. The summed E-state index contributed by atoms with van der Waals surface area (Å²) in [7, 11) is 0. The number of carboxylic acid groups (broad SMARTS) is 1. The van der Waals surface area contributed by atoms with Gasteiger partial charge in [-0.15, -0.1) is 0 Å². The molecule has 0 radical (unpaired) electrons. The predicted molar refractivity (Wildman–Crippen MR) is 81.4 cm³/mol. The Morgan fingerprint density at radius 1 is 1.36 bits per heavy atom. The second-order valence-electron chi connectivity index (χ2n) is 4.64. The first-order valence-electron chi connectivity index (χ1n) is 6.41. The summed E-state index contributed by atoms with van der Waals surface area (Å²) in [6, 6.07) is 7.49. The number of carbonyl (C=O) groups is 1. The van der Waals surface area contributed by atoms with E-state index in [2.05, 4.69) is 20.6 Å². The zero-order chi connectivity index (χ0) is 15.7. The van der Waals surface area contributed by atoms with Gasteiger partial charge in [-0.25, -0.2) is 19.2 Å². The van der Waals surface area contributed by atoms with Gasteiger partial charge in [-0.05, 0) is 17.7 Å².